The van der Waals surface area contributed by atoms with Crippen LogP contribution >= 0.6 is 15.9 Å². The van der Waals surface area contributed by atoms with Crippen LogP contribution in [0.25, 0.3) is 6.08 Å². The zero-order valence-corrected chi connectivity index (χ0v) is 14.2. The van der Waals surface area contributed by atoms with E-state index in [1.807, 2.05) is 50.3 Å². The summed E-state index contributed by atoms with van der Waals surface area (Å²) in [5.41, 5.74) is -0.893. The Balaban J connectivity index is 2.38. The summed E-state index contributed by atoms with van der Waals surface area (Å²) in [5.74, 6) is -0.579. The molecule has 3 nitrogen and oxygen atoms in total. The van der Waals surface area contributed by atoms with Crippen LogP contribution in [-0.2, 0) is 14.3 Å². The van der Waals surface area contributed by atoms with Crippen molar-refractivity contribution < 1.29 is 14.3 Å². The van der Waals surface area contributed by atoms with Crippen LogP contribution in [0.4, 0.5) is 0 Å². The van der Waals surface area contributed by atoms with E-state index < -0.39 is 22.9 Å². The van der Waals surface area contributed by atoms with Crippen LogP contribution < -0.4 is 0 Å². The fraction of sp³-hybridized carbons (Fsp3) is 0.412. The van der Waals surface area contributed by atoms with E-state index in [4.69, 9.17) is 4.74 Å². The van der Waals surface area contributed by atoms with Crippen molar-refractivity contribution in [1.29, 1.82) is 0 Å². The molecule has 1 saturated heterocycles. The molecule has 1 aliphatic heterocycles. The molecule has 21 heavy (non-hydrogen) atoms. The summed E-state index contributed by atoms with van der Waals surface area (Å²) in [6.07, 6.45) is 1.27. The maximum Gasteiger partial charge on any atom is 0.319 e. The van der Waals surface area contributed by atoms with Gasteiger partial charge in [-0.15, -0.1) is 0 Å². The number of carbonyl (C=O) groups excluding carboxylic acids is 2. The molecule has 1 unspecified atom stereocenters. The Morgan fingerprint density at radius 2 is 1.71 bits per heavy atom. The Hall–Kier alpha value is -1.42. The molecular formula is C17H19BrO3. The van der Waals surface area contributed by atoms with Gasteiger partial charge in [0.2, 0.25) is 0 Å². The van der Waals surface area contributed by atoms with Gasteiger partial charge in [-0.1, -0.05) is 46.3 Å². The SMILES string of the molecule is CC1(C)C(=O)OC(/C(Br)=C/c2ccccc2)C(C)(C)C1=O. The lowest BCUT2D eigenvalue weighted by molar-refractivity contribution is -0.181. The van der Waals surface area contributed by atoms with Crippen LogP contribution in [0.5, 0.6) is 0 Å². The van der Waals surface area contributed by atoms with E-state index in [0.717, 1.165) is 5.56 Å². The van der Waals surface area contributed by atoms with Crippen LogP contribution in [0.1, 0.15) is 33.3 Å². The fourth-order valence-corrected chi connectivity index (χ4v) is 3.53. The molecule has 4 heteroatoms. The molecule has 0 aromatic heterocycles. The first-order valence-corrected chi connectivity index (χ1v) is 7.65. The maximum absolute atomic E-state index is 12.6. The average molecular weight is 351 g/mol. The first kappa shape index (κ1) is 16.0. The first-order valence-electron chi connectivity index (χ1n) is 6.85. The Labute approximate surface area is 133 Å². The van der Waals surface area contributed by atoms with Gasteiger partial charge in [-0.3, -0.25) is 9.59 Å². The van der Waals surface area contributed by atoms with Gasteiger partial charge in [0.05, 0.1) is 5.41 Å². The molecule has 0 bridgehead atoms. The van der Waals surface area contributed by atoms with E-state index in [9.17, 15) is 9.59 Å². The minimum Gasteiger partial charge on any atom is -0.455 e. The topological polar surface area (TPSA) is 43.4 Å². The second-order valence-corrected chi connectivity index (χ2v) is 7.32. The normalized spacial score (nSPS) is 24.6. The predicted molar refractivity (Wildman–Crippen MR) is 85.8 cm³/mol. The molecule has 112 valence electrons. The van der Waals surface area contributed by atoms with Gasteiger partial charge in [0, 0.05) is 4.48 Å². The number of ether oxygens (including phenoxy) is 1. The molecule has 0 amide bonds. The van der Waals surface area contributed by atoms with Crippen molar-refractivity contribution in [2.45, 2.75) is 33.8 Å². The second-order valence-electron chi connectivity index (χ2n) is 6.40. The number of rotatable bonds is 2. The minimum absolute atomic E-state index is 0.102. The zero-order chi connectivity index (χ0) is 15.8. The number of hydrogen-bond acceptors (Lipinski definition) is 3. The number of hydrogen-bond donors (Lipinski definition) is 0. The molecule has 1 heterocycles. The van der Waals surface area contributed by atoms with Gasteiger partial charge in [0.25, 0.3) is 0 Å². The van der Waals surface area contributed by atoms with Crippen molar-refractivity contribution in [2.75, 3.05) is 0 Å². The largest absolute Gasteiger partial charge is 0.455 e. The van der Waals surface area contributed by atoms with Crippen LogP contribution in [-0.4, -0.2) is 17.9 Å². The summed E-state index contributed by atoms with van der Waals surface area (Å²) in [5, 5.41) is 0. The molecule has 1 aromatic carbocycles. The van der Waals surface area contributed by atoms with Crippen molar-refractivity contribution in [3.63, 3.8) is 0 Å². The number of carbonyl (C=O) groups is 2. The second kappa shape index (κ2) is 5.41. The van der Waals surface area contributed by atoms with Gasteiger partial charge in [0.1, 0.15) is 11.5 Å². The fourth-order valence-electron chi connectivity index (χ4n) is 2.60. The third-order valence-corrected chi connectivity index (χ3v) is 4.54. The standard InChI is InChI=1S/C17H19BrO3/c1-16(2)13(21-15(20)17(3,4)14(16)19)12(18)10-11-8-6-5-7-9-11/h5-10,13H,1-4H3/b12-10-. The average Bonchev–Trinajstić information content (AvgIpc) is 2.42. The minimum atomic E-state index is -1.10. The molecule has 1 fully saturated rings. The molecule has 0 spiro atoms. The summed E-state index contributed by atoms with van der Waals surface area (Å²) in [4.78, 5) is 24.7. The Kier molecular flexibility index (Phi) is 4.11. The van der Waals surface area contributed by atoms with Crippen molar-refractivity contribution in [3.8, 4) is 0 Å². The van der Waals surface area contributed by atoms with Gasteiger partial charge in [-0.05, 0) is 39.3 Å². The summed E-state index contributed by atoms with van der Waals surface area (Å²) in [6.45, 7) is 6.86. The zero-order valence-electron chi connectivity index (χ0n) is 12.6. The molecular weight excluding hydrogens is 332 g/mol. The summed E-state index contributed by atoms with van der Waals surface area (Å²) >= 11 is 3.48. The highest BCUT2D eigenvalue weighted by molar-refractivity contribution is 9.11. The van der Waals surface area contributed by atoms with Gasteiger partial charge in [-0.25, -0.2) is 0 Å². The van der Waals surface area contributed by atoms with Crippen molar-refractivity contribution in [3.05, 3.63) is 40.4 Å². The highest BCUT2D eigenvalue weighted by Crippen LogP contribution is 2.44. The van der Waals surface area contributed by atoms with Gasteiger partial charge < -0.3 is 4.74 Å². The maximum atomic E-state index is 12.6. The predicted octanol–water partition coefficient (Wildman–Crippen LogP) is 3.97. The Morgan fingerprint density at radius 1 is 1.14 bits per heavy atom. The highest BCUT2D eigenvalue weighted by atomic mass is 79.9. The monoisotopic (exact) mass is 350 g/mol. The van der Waals surface area contributed by atoms with E-state index in [0.29, 0.717) is 4.48 Å². The third kappa shape index (κ3) is 2.82. The lowest BCUT2D eigenvalue weighted by atomic mass is 9.68. The number of Topliss-reactive ketones (excluding diaryl/α,β-unsaturated/α-hetero) is 1. The van der Waals surface area contributed by atoms with Crippen molar-refractivity contribution in [1.82, 2.24) is 0 Å². The van der Waals surface area contributed by atoms with Crippen LogP contribution in [0.2, 0.25) is 0 Å². The number of cyclic esters (lactones) is 1. The molecule has 0 saturated carbocycles. The van der Waals surface area contributed by atoms with Gasteiger partial charge in [0.15, 0.2) is 5.78 Å². The highest BCUT2D eigenvalue weighted by Gasteiger charge is 2.55. The number of ketones is 1. The van der Waals surface area contributed by atoms with Crippen LogP contribution in [0.3, 0.4) is 0 Å². The lowest BCUT2D eigenvalue weighted by Gasteiger charge is -2.43. The van der Waals surface area contributed by atoms with E-state index in [1.54, 1.807) is 13.8 Å². The van der Waals surface area contributed by atoms with Gasteiger partial charge >= 0.3 is 5.97 Å². The van der Waals surface area contributed by atoms with Gasteiger partial charge in [-0.2, -0.15) is 0 Å². The van der Waals surface area contributed by atoms with Crippen LogP contribution in [0, 0.1) is 10.8 Å². The van der Waals surface area contributed by atoms with Crippen LogP contribution in [0.15, 0.2) is 34.8 Å². The smallest absolute Gasteiger partial charge is 0.319 e. The Morgan fingerprint density at radius 3 is 2.29 bits per heavy atom. The third-order valence-electron chi connectivity index (χ3n) is 3.90. The summed E-state index contributed by atoms with van der Waals surface area (Å²) in [7, 11) is 0. The molecule has 1 atom stereocenters. The van der Waals surface area contributed by atoms with E-state index >= 15 is 0 Å². The first-order chi connectivity index (χ1) is 9.67. The molecule has 2 rings (SSSR count). The molecule has 0 N–H and O–H groups in total. The number of benzene rings is 1. The summed E-state index contributed by atoms with van der Waals surface area (Å²) in [6, 6.07) is 9.69. The molecule has 0 radical (unpaired) electrons. The quantitative estimate of drug-likeness (QED) is 0.598. The van der Waals surface area contributed by atoms with Crippen molar-refractivity contribution >= 4 is 33.8 Å². The number of esters is 1. The molecule has 1 aromatic rings. The Bertz CT molecular complexity index is 600. The van der Waals surface area contributed by atoms with E-state index in [-0.39, 0.29) is 5.78 Å². The van der Waals surface area contributed by atoms with Crippen molar-refractivity contribution in [2.24, 2.45) is 10.8 Å². The lowest BCUT2D eigenvalue weighted by Crippen LogP contribution is -2.56. The molecule has 0 aliphatic carbocycles. The van der Waals surface area contributed by atoms with E-state index in [1.165, 1.54) is 0 Å². The van der Waals surface area contributed by atoms with E-state index in [2.05, 4.69) is 15.9 Å². The number of halogens is 1. The molecule has 1 aliphatic rings. The summed E-state index contributed by atoms with van der Waals surface area (Å²) < 4.78 is 6.24.